The Hall–Kier alpha value is -2.49. The number of morpholine rings is 1. The molecule has 2 bridgehead atoms. The number of likely N-dealkylation sites (tertiary alicyclic amines) is 2. The number of fused-ring (bicyclic) bond motifs is 1. The number of carbonyl (C=O) groups is 1. The standard InChI is InChI=1S/C21H27N5O4/c1-29-19-4-2-3-15(23-19)7-25-8-17-16(11-27)18-9-26(13-21(17,12-25)30-18)20(28)10-24-6-5-22-14-24/h2-6,14,16-18,27H,7-13H2,1H3/t16-,17+,18+,21-/m0/s1. The van der Waals surface area contributed by atoms with Crippen LogP contribution >= 0.6 is 0 Å². The lowest BCUT2D eigenvalue weighted by Gasteiger charge is -2.40. The first-order valence-electron chi connectivity index (χ1n) is 10.3. The number of aromatic nitrogens is 3. The molecule has 1 amide bonds. The highest BCUT2D eigenvalue weighted by molar-refractivity contribution is 5.76. The number of carbonyl (C=O) groups excluding carboxylic acids is 1. The number of nitrogens with zero attached hydrogens (tertiary/aromatic N) is 5. The Morgan fingerprint density at radius 2 is 2.27 bits per heavy atom. The smallest absolute Gasteiger partial charge is 0.242 e. The second-order valence-corrected chi connectivity index (χ2v) is 8.52. The zero-order valence-electron chi connectivity index (χ0n) is 17.1. The summed E-state index contributed by atoms with van der Waals surface area (Å²) in [6, 6.07) is 5.76. The van der Waals surface area contributed by atoms with Crippen LogP contribution < -0.4 is 4.74 Å². The Morgan fingerprint density at radius 1 is 1.37 bits per heavy atom. The molecule has 5 rings (SSSR count). The van der Waals surface area contributed by atoms with E-state index in [9.17, 15) is 9.90 Å². The Labute approximate surface area is 175 Å². The summed E-state index contributed by atoms with van der Waals surface area (Å²) in [6.07, 6.45) is 5.01. The highest BCUT2D eigenvalue weighted by Crippen LogP contribution is 2.49. The average molecular weight is 413 g/mol. The molecule has 2 aromatic rings. The SMILES string of the molecule is COc1cccc(CN2C[C@@H]3[C@H](CO)[C@H]4CN(C(=O)Cn5ccnc5)C[C@]3(C2)O4)n1. The van der Waals surface area contributed by atoms with Crippen LogP contribution in [0, 0.1) is 11.8 Å². The van der Waals surface area contributed by atoms with Crippen molar-refractivity contribution in [3.8, 4) is 5.88 Å². The van der Waals surface area contributed by atoms with E-state index in [0.29, 0.717) is 25.5 Å². The number of aliphatic hydroxyl groups excluding tert-OH is 1. The number of rotatable bonds is 6. The molecule has 3 fully saturated rings. The van der Waals surface area contributed by atoms with Crippen LogP contribution in [0.4, 0.5) is 0 Å². The van der Waals surface area contributed by atoms with E-state index in [-0.39, 0.29) is 37.0 Å². The van der Waals surface area contributed by atoms with Crippen molar-refractivity contribution in [2.45, 2.75) is 24.8 Å². The highest BCUT2D eigenvalue weighted by atomic mass is 16.5. The van der Waals surface area contributed by atoms with E-state index in [1.54, 1.807) is 30.4 Å². The molecule has 0 unspecified atom stereocenters. The van der Waals surface area contributed by atoms with E-state index in [4.69, 9.17) is 9.47 Å². The van der Waals surface area contributed by atoms with Crippen molar-refractivity contribution in [1.29, 1.82) is 0 Å². The maximum atomic E-state index is 12.9. The third-order valence-electron chi connectivity index (χ3n) is 6.68. The van der Waals surface area contributed by atoms with Gasteiger partial charge in [0, 0.05) is 63.1 Å². The molecule has 0 saturated carbocycles. The second kappa shape index (κ2) is 7.64. The summed E-state index contributed by atoms with van der Waals surface area (Å²) in [5.41, 5.74) is 0.506. The predicted octanol–water partition coefficient (Wildman–Crippen LogP) is 0.00700. The van der Waals surface area contributed by atoms with Crippen molar-refractivity contribution < 1.29 is 19.4 Å². The van der Waals surface area contributed by atoms with Gasteiger partial charge in [-0.15, -0.1) is 0 Å². The summed E-state index contributed by atoms with van der Waals surface area (Å²) >= 11 is 0. The molecule has 1 spiro atoms. The van der Waals surface area contributed by atoms with Gasteiger partial charge in [0.25, 0.3) is 0 Å². The fourth-order valence-corrected chi connectivity index (χ4v) is 5.37. The number of hydrogen-bond donors (Lipinski definition) is 1. The van der Waals surface area contributed by atoms with E-state index in [1.165, 1.54) is 0 Å². The molecule has 9 heteroatoms. The molecule has 3 aliphatic heterocycles. The van der Waals surface area contributed by atoms with Crippen LogP contribution in [0.1, 0.15) is 5.69 Å². The summed E-state index contributed by atoms with van der Waals surface area (Å²) in [7, 11) is 1.61. The lowest BCUT2D eigenvalue weighted by atomic mass is 9.83. The minimum atomic E-state index is -0.431. The monoisotopic (exact) mass is 413 g/mol. The lowest BCUT2D eigenvalue weighted by Crippen LogP contribution is -2.56. The van der Waals surface area contributed by atoms with Crippen LogP contribution in [0.2, 0.25) is 0 Å². The normalized spacial score (nSPS) is 30.5. The van der Waals surface area contributed by atoms with Gasteiger partial charge in [-0.05, 0) is 6.07 Å². The minimum Gasteiger partial charge on any atom is -0.481 e. The molecule has 160 valence electrons. The predicted molar refractivity (Wildman–Crippen MR) is 107 cm³/mol. The summed E-state index contributed by atoms with van der Waals surface area (Å²) in [4.78, 5) is 25.7. The van der Waals surface area contributed by atoms with Crippen LogP contribution in [0.5, 0.6) is 5.88 Å². The van der Waals surface area contributed by atoms with Gasteiger partial charge >= 0.3 is 0 Å². The quantitative estimate of drug-likeness (QED) is 0.713. The van der Waals surface area contributed by atoms with E-state index in [0.717, 1.165) is 18.8 Å². The van der Waals surface area contributed by atoms with Crippen molar-refractivity contribution in [2.24, 2.45) is 11.8 Å². The van der Waals surface area contributed by atoms with Gasteiger partial charge in [0.15, 0.2) is 0 Å². The van der Waals surface area contributed by atoms with Crippen LogP contribution in [-0.2, 0) is 22.6 Å². The van der Waals surface area contributed by atoms with Gasteiger partial charge in [0.05, 0.1) is 31.8 Å². The van der Waals surface area contributed by atoms with Crippen LogP contribution in [0.3, 0.4) is 0 Å². The lowest BCUT2D eigenvalue weighted by molar-refractivity contribution is -0.154. The minimum absolute atomic E-state index is 0.0410. The molecule has 9 nitrogen and oxygen atoms in total. The fourth-order valence-electron chi connectivity index (χ4n) is 5.37. The number of pyridine rings is 1. The molecule has 2 aromatic heterocycles. The van der Waals surface area contributed by atoms with Crippen molar-refractivity contribution in [2.75, 3.05) is 39.9 Å². The maximum Gasteiger partial charge on any atom is 0.242 e. The third kappa shape index (κ3) is 3.36. The summed E-state index contributed by atoms with van der Waals surface area (Å²) < 4.78 is 13.5. The van der Waals surface area contributed by atoms with Gasteiger partial charge in [-0.25, -0.2) is 9.97 Å². The van der Waals surface area contributed by atoms with Gasteiger partial charge in [-0.1, -0.05) is 6.07 Å². The van der Waals surface area contributed by atoms with Crippen molar-refractivity contribution in [1.82, 2.24) is 24.3 Å². The van der Waals surface area contributed by atoms with E-state index in [2.05, 4.69) is 14.9 Å². The Morgan fingerprint density at radius 3 is 3.03 bits per heavy atom. The first kappa shape index (κ1) is 19.5. The van der Waals surface area contributed by atoms with Crippen molar-refractivity contribution in [3.63, 3.8) is 0 Å². The van der Waals surface area contributed by atoms with E-state index in [1.807, 2.05) is 23.1 Å². The van der Waals surface area contributed by atoms with Crippen molar-refractivity contribution in [3.05, 3.63) is 42.6 Å². The molecule has 3 aliphatic rings. The molecule has 0 aliphatic carbocycles. The molecule has 30 heavy (non-hydrogen) atoms. The van der Waals surface area contributed by atoms with Crippen LogP contribution in [0.25, 0.3) is 0 Å². The van der Waals surface area contributed by atoms with E-state index >= 15 is 0 Å². The number of ether oxygens (including phenoxy) is 2. The molecule has 4 atom stereocenters. The topological polar surface area (TPSA) is 93.0 Å². The fraction of sp³-hybridized carbons (Fsp3) is 0.571. The molecule has 1 N–H and O–H groups in total. The van der Waals surface area contributed by atoms with Gasteiger partial charge in [0.1, 0.15) is 12.1 Å². The Balaban J connectivity index is 1.32. The average Bonchev–Trinajstić information content (AvgIpc) is 3.41. The van der Waals surface area contributed by atoms with Crippen LogP contribution in [-0.4, -0.2) is 86.9 Å². The third-order valence-corrected chi connectivity index (χ3v) is 6.68. The molecular weight excluding hydrogens is 386 g/mol. The zero-order valence-corrected chi connectivity index (χ0v) is 17.1. The summed E-state index contributed by atoms with van der Waals surface area (Å²) in [5, 5.41) is 10.1. The number of aliphatic hydroxyl groups is 1. The molecule has 0 aromatic carbocycles. The summed E-state index contributed by atoms with van der Waals surface area (Å²) in [5.74, 6) is 0.901. The first-order chi connectivity index (χ1) is 14.6. The number of amides is 1. The largest absolute Gasteiger partial charge is 0.481 e. The van der Waals surface area contributed by atoms with Gasteiger partial charge in [-0.3, -0.25) is 9.69 Å². The molecular formula is C21H27N5O4. The van der Waals surface area contributed by atoms with Gasteiger partial charge in [-0.2, -0.15) is 0 Å². The van der Waals surface area contributed by atoms with Gasteiger partial charge < -0.3 is 24.0 Å². The first-order valence-corrected chi connectivity index (χ1v) is 10.3. The second-order valence-electron chi connectivity index (χ2n) is 8.52. The highest BCUT2D eigenvalue weighted by Gasteiger charge is 2.62. The number of imidazole rings is 1. The van der Waals surface area contributed by atoms with E-state index < -0.39 is 5.60 Å². The zero-order chi connectivity index (χ0) is 20.7. The number of methoxy groups -OCH3 is 1. The summed E-state index contributed by atoms with van der Waals surface area (Å²) in [6.45, 7) is 3.67. The van der Waals surface area contributed by atoms with Crippen molar-refractivity contribution >= 4 is 5.91 Å². The molecule has 0 radical (unpaired) electrons. The Kier molecular flexibility index (Phi) is 4.96. The van der Waals surface area contributed by atoms with Gasteiger partial charge in [0.2, 0.25) is 11.8 Å². The molecule has 5 heterocycles. The maximum absolute atomic E-state index is 12.9. The number of hydrogen-bond acceptors (Lipinski definition) is 7. The molecule has 3 saturated heterocycles. The van der Waals surface area contributed by atoms with Crippen LogP contribution in [0.15, 0.2) is 36.9 Å². The Bertz CT molecular complexity index is 907.